The van der Waals surface area contributed by atoms with Crippen molar-refractivity contribution in [2.45, 2.75) is 70.7 Å². The summed E-state index contributed by atoms with van der Waals surface area (Å²) in [6, 6.07) is 10.5. The average molecular weight is 529 g/mol. The molecular formula is C28H36N2O4S2. The zero-order valence-corrected chi connectivity index (χ0v) is 22.9. The van der Waals surface area contributed by atoms with Crippen LogP contribution in [0.2, 0.25) is 0 Å². The highest BCUT2D eigenvalue weighted by Crippen LogP contribution is 2.26. The number of benzene rings is 1. The molecule has 0 fully saturated rings. The van der Waals surface area contributed by atoms with Gasteiger partial charge in [-0.1, -0.05) is 51.8 Å². The zero-order valence-electron chi connectivity index (χ0n) is 21.3. The van der Waals surface area contributed by atoms with E-state index in [4.69, 9.17) is 4.42 Å². The van der Waals surface area contributed by atoms with Crippen molar-refractivity contribution in [2.75, 3.05) is 5.75 Å². The Morgan fingerprint density at radius 3 is 2.58 bits per heavy atom. The summed E-state index contributed by atoms with van der Waals surface area (Å²) in [4.78, 5) is 39.2. The first-order chi connectivity index (χ1) is 17.4. The van der Waals surface area contributed by atoms with Crippen molar-refractivity contribution in [2.24, 2.45) is 5.92 Å². The normalized spacial score (nSPS) is 13.0. The number of hydrogen-bond donors (Lipinski definition) is 2. The van der Waals surface area contributed by atoms with Gasteiger partial charge in [0.2, 0.25) is 11.8 Å². The fourth-order valence-corrected chi connectivity index (χ4v) is 5.87. The standard InChI is InChI=1S/C28H36N2O4S2/c1-4-5-11-23(25(31)18-35-17-21-9-8-13-34-21)30-28(33)24(14-19(2)3)29-27(32)15-20-16-36-26-12-7-6-10-22(20)26/h6-10,12-13,16,19,23-24H,4-5,11,14-15,17-18H2,1-3H3,(H,29,32)(H,30,33)/t23-,24-/m0/s1. The molecule has 194 valence electrons. The van der Waals surface area contributed by atoms with E-state index < -0.39 is 12.1 Å². The van der Waals surface area contributed by atoms with Crippen LogP contribution in [0.5, 0.6) is 0 Å². The number of thiophene rings is 1. The van der Waals surface area contributed by atoms with Crippen molar-refractivity contribution in [3.8, 4) is 0 Å². The van der Waals surface area contributed by atoms with Crippen molar-refractivity contribution in [1.82, 2.24) is 10.6 Å². The van der Waals surface area contributed by atoms with Crippen LogP contribution in [0.15, 0.2) is 52.5 Å². The first-order valence-electron chi connectivity index (χ1n) is 12.5. The molecule has 0 aliphatic carbocycles. The van der Waals surface area contributed by atoms with Gasteiger partial charge in [0.05, 0.1) is 30.2 Å². The lowest BCUT2D eigenvalue weighted by Crippen LogP contribution is -2.52. The van der Waals surface area contributed by atoms with Crippen LogP contribution in [0.3, 0.4) is 0 Å². The SMILES string of the molecule is CCCC[C@H](NC(=O)[C@H](CC(C)C)NC(=O)Cc1csc2ccccc12)C(=O)CSCc1ccco1. The number of Topliss-reactive ketones (excluding diaryl/α,β-unsaturated/α-hetero) is 1. The summed E-state index contributed by atoms with van der Waals surface area (Å²) < 4.78 is 6.47. The Morgan fingerprint density at radius 1 is 1.06 bits per heavy atom. The molecule has 0 bridgehead atoms. The van der Waals surface area contributed by atoms with Gasteiger partial charge in [-0.3, -0.25) is 14.4 Å². The first kappa shape index (κ1) is 28.0. The molecule has 2 atom stereocenters. The number of hydrogen-bond acceptors (Lipinski definition) is 6. The number of ketones is 1. The molecule has 0 saturated heterocycles. The topological polar surface area (TPSA) is 88.4 Å². The molecule has 0 aliphatic heterocycles. The van der Waals surface area contributed by atoms with E-state index >= 15 is 0 Å². The summed E-state index contributed by atoms with van der Waals surface area (Å²) >= 11 is 3.09. The molecule has 2 N–H and O–H groups in total. The summed E-state index contributed by atoms with van der Waals surface area (Å²) in [5.41, 5.74) is 0.960. The minimum atomic E-state index is -0.685. The lowest BCUT2D eigenvalue weighted by atomic mass is 10.0. The average Bonchev–Trinajstić information content (AvgIpc) is 3.51. The second-order valence-electron chi connectivity index (χ2n) is 9.43. The Hall–Kier alpha value is -2.58. The van der Waals surface area contributed by atoms with Crippen LogP contribution in [-0.2, 0) is 26.6 Å². The highest BCUT2D eigenvalue weighted by molar-refractivity contribution is 7.99. The third kappa shape index (κ3) is 8.52. The van der Waals surface area contributed by atoms with Gasteiger partial charge in [0.1, 0.15) is 11.8 Å². The van der Waals surface area contributed by atoms with E-state index in [9.17, 15) is 14.4 Å². The van der Waals surface area contributed by atoms with Crippen molar-refractivity contribution in [1.29, 1.82) is 0 Å². The number of furan rings is 1. The molecule has 0 unspecified atom stereocenters. The summed E-state index contributed by atoms with van der Waals surface area (Å²) in [6.07, 6.45) is 4.70. The van der Waals surface area contributed by atoms with E-state index in [1.807, 2.05) is 55.6 Å². The quantitative estimate of drug-likeness (QED) is 0.262. The Labute approximate surface area is 221 Å². The molecule has 36 heavy (non-hydrogen) atoms. The fourth-order valence-electron chi connectivity index (χ4n) is 4.03. The minimum absolute atomic E-state index is 0.00674. The van der Waals surface area contributed by atoms with Crippen molar-refractivity contribution in [3.63, 3.8) is 0 Å². The Balaban J connectivity index is 1.61. The third-order valence-electron chi connectivity index (χ3n) is 5.89. The van der Waals surface area contributed by atoms with Gasteiger partial charge in [-0.05, 0) is 53.3 Å². The van der Waals surface area contributed by atoms with Gasteiger partial charge in [0.25, 0.3) is 0 Å². The van der Waals surface area contributed by atoms with Gasteiger partial charge >= 0.3 is 0 Å². The van der Waals surface area contributed by atoms with Gasteiger partial charge in [-0.2, -0.15) is 0 Å². The van der Waals surface area contributed by atoms with Crippen molar-refractivity contribution >= 4 is 50.8 Å². The highest BCUT2D eigenvalue weighted by atomic mass is 32.2. The monoisotopic (exact) mass is 528 g/mol. The minimum Gasteiger partial charge on any atom is -0.468 e. The van der Waals surface area contributed by atoms with Gasteiger partial charge < -0.3 is 15.1 Å². The zero-order chi connectivity index (χ0) is 25.9. The number of fused-ring (bicyclic) bond motifs is 1. The van der Waals surface area contributed by atoms with Gasteiger partial charge in [-0.15, -0.1) is 23.1 Å². The first-order valence-corrected chi connectivity index (χ1v) is 14.6. The van der Waals surface area contributed by atoms with Gasteiger partial charge in [0.15, 0.2) is 5.78 Å². The van der Waals surface area contributed by atoms with Crippen LogP contribution in [0.4, 0.5) is 0 Å². The molecule has 2 heterocycles. The maximum absolute atomic E-state index is 13.3. The Bertz CT molecular complexity index is 1120. The molecule has 3 aromatic rings. The summed E-state index contributed by atoms with van der Waals surface area (Å²) in [7, 11) is 0. The number of nitrogens with one attached hydrogen (secondary N) is 2. The molecular weight excluding hydrogens is 492 g/mol. The number of carbonyl (C=O) groups is 3. The summed E-state index contributed by atoms with van der Waals surface area (Å²) in [6.45, 7) is 6.10. The van der Waals surface area contributed by atoms with E-state index in [2.05, 4.69) is 17.6 Å². The fraction of sp³-hybridized carbons (Fsp3) is 0.464. The second-order valence-corrected chi connectivity index (χ2v) is 11.3. The maximum atomic E-state index is 13.3. The lowest BCUT2D eigenvalue weighted by Gasteiger charge is -2.24. The van der Waals surface area contributed by atoms with E-state index in [-0.39, 0.29) is 29.9 Å². The molecule has 8 heteroatoms. The van der Waals surface area contributed by atoms with Crippen LogP contribution >= 0.6 is 23.1 Å². The van der Waals surface area contributed by atoms with Crippen LogP contribution in [-0.4, -0.2) is 35.4 Å². The largest absolute Gasteiger partial charge is 0.468 e. The number of rotatable bonds is 15. The Kier molecular flexibility index (Phi) is 11.1. The van der Waals surface area contributed by atoms with Gasteiger partial charge in [-0.25, -0.2) is 0 Å². The lowest BCUT2D eigenvalue weighted by molar-refractivity contribution is -0.131. The maximum Gasteiger partial charge on any atom is 0.243 e. The molecule has 0 spiro atoms. The predicted molar refractivity (Wildman–Crippen MR) is 148 cm³/mol. The Morgan fingerprint density at radius 2 is 1.86 bits per heavy atom. The van der Waals surface area contributed by atoms with Crippen molar-refractivity contribution in [3.05, 3.63) is 59.4 Å². The molecule has 1 aromatic carbocycles. The molecule has 0 aliphatic rings. The van der Waals surface area contributed by atoms with Crippen molar-refractivity contribution < 1.29 is 18.8 Å². The smallest absolute Gasteiger partial charge is 0.243 e. The van der Waals surface area contributed by atoms with Gasteiger partial charge in [0, 0.05) is 4.70 Å². The number of thioether (sulfide) groups is 1. The molecule has 3 rings (SSSR count). The molecule has 6 nitrogen and oxygen atoms in total. The number of amides is 2. The van der Waals surface area contributed by atoms with E-state index in [0.29, 0.717) is 24.3 Å². The van der Waals surface area contributed by atoms with E-state index in [1.54, 1.807) is 17.6 Å². The molecule has 0 saturated carbocycles. The van der Waals surface area contributed by atoms with Crippen LogP contribution in [0, 0.1) is 5.92 Å². The summed E-state index contributed by atoms with van der Waals surface area (Å²) in [5, 5.41) is 8.97. The number of unbranched alkanes of at least 4 members (excludes halogenated alkanes) is 1. The van der Waals surface area contributed by atoms with E-state index in [0.717, 1.165) is 34.3 Å². The molecule has 0 radical (unpaired) electrons. The number of carbonyl (C=O) groups excluding carboxylic acids is 3. The highest BCUT2D eigenvalue weighted by Gasteiger charge is 2.27. The second kappa shape index (κ2) is 14.2. The molecule has 2 aromatic heterocycles. The third-order valence-corrected chi connectivity index (χ3v) is 7.88. The summed E-state index contributed by atoms with van der Waals surface area (Å²) in [5.74, 6) is 1.44. The van der Waals surface area contributed by atoms with Crippen LogP contribution in [0.1, 0.15) is 57.8 Å². The van der Waals surface area contributed by atoms with Crippen LogP contribution in [0.25, 0.3) is 10.1 Å². The molecule has 2 amide bonds. The predicted octanol–water partition coefficient (Wildman–Crippen LogP) is 5.75. The van der Waals surface area contributed by atoms with E-state index in [1.165, 1.54) is 11.8 Å². The van der Waals surface area contributed by atoms with Crippen LogP contribution < -0.4 is 10.6 Å².